The lowest BCUT2D eigenvalue weighted by molar-refractivity contribution is 0.234. The highest BCUT2D eigenvalue weighted by molar-refractivity contribution is 5.18. The first-order chi connectivity index (χ1) is 6.66. The minimum atomic E-state index is -0.0507. The molecule has 14 heavy (non-hydrogen) atoms. The maximum Gasteiger partial charge on any atom is 0.0951 e. The van der Waals surface area contributed by atoms with Gasteiger partial charge in [-0.3, -0.25) is 4.90 Å². The lowest BCUT2D eigenvalue weighted by Gasteiger charge is -2.26. The van der Waals surface area contributed by atoms with E-state index in [1.165, 1.54) is 5.56 Å². The van der Waals surface area contributed by atoms with Gasteiger partial charge in [0.15, 0.2) is 0 Å². The summed E-state index contributed by atoms with van der Waals surface area (Å²) < 4.78 is 0. The summed E-state index contributed by atoms with van der Waals surface area (Å²) in [5.41, 5.74) is 1.25. The maximum atomic E-state index is 8.81. The Morgan fingerprint density at radius 3 is 2.29 bits per heavy atom. The molecule has 74 valence electrons. The molecule has 0 saturated heterocycles. The Labute approximate surface area is 85.8 Å². The van der Waals surface area contributed by atoms with Crippen molar-refractivity contribution in [1.29, 1.82) is 5.26 Å². The normalized spacial score (nSPS) is 14.8. The summed E-state index contributed by atoms with van der Waals surface area (Å²) in [5, 5.41) is 8.81. The average molecular weight is 188 g/mol. The summed E-state index contributed by atoms with van der Waals surface area (Å²) >= 11 is 0. The Bertz CT molecular complexity index is 313. The van der Waals surface area contributed by atoms with Crippen molar-refractivity contribution in [2.75, 3.05) is 7.05 Å². The summed E-state index contributed by atoms with van der Waals surface area (Å²) in [5.74, 6) is 0. The molecule has 0 aliphatic heterocycles. The number of nitriles is 1. The van der Waals surface area contributed by atoms with Gasteiger partial charge >= 0.3 is 0 Å². The van der Waals surface area contributed by atoms with E-state index in [4.69, 9.17) is 5.26 Å². The van der Waals surface area contributed by atoms with Gasteiger partial charge in [0.05, 0.1) is 12.1 Å². The van der Waals surface area contributed by atoms with Crippen LogP contribution in [-0.4, -0.2) is 18.0 Å². The van der Waals surface area contributed by atoms with Gasteiger partial charge in [-0.2, -0.15) is 5.26 Å². The van der Waals surface area contributed by atoms with Crippen LogP contribution in [0.3, 0.4) is 0 Å². The zero-order valence-corrected chi connectivity index (χ0v) is 8.94. The highest BCUT2D eigenvalue weighted by Gasteiger charge is 2.15. The third-order valence-electron chi connectivity index (χ3n) is 2.69. The Balaban J connectivity index is 2.76. The van der Waals surface area contributed by atoms with Crippen molar-refractivity contribution in [2.24, 2.45) is 0 Å². The molecule has 1 aromatic rings. The first-order valence-electron chi connectivity index (χ1n) is 4.83. The summed E-state index contributed by atoms with van der Waals surface area (Å²) in [6.45, 7) is 4.03. The van der Waals surface area contributed by atoms with Crippen molar-refractivity contribution in [3.05, 3.63) is 35.9 Å². The molecule has 0 bridgehead atoms. The molecular formula is C12H16N2. The first kappa shape index (κ1) is 10.7. The Hall–Kier alpha value is -1.33. The predicted octanol–water partition coefficient (Wildman–Crippen LogP) is 2.59. The van der Waals surface area contributed by atoms with Crippen LogP contribution >= 0.6 is 0 Å². The van der Waals surface area contributed by atoms with E-state index in [0.29, 0.717) is 0 Å². The molecule has 1 aromatic carbocycles. The van der Waals surface area contributed by atoms with Crippen LogP contribution < -0.4 is 0 Å². The van der Waals surface area contributed by atoms with E-state index in [0.717, 1.165) is 0 Å². The van der Waals surface area contributed by atoms with Crippen LogP contribution in [0.5, 0.6) is 0 Å². The molecule has 0 spiro atoms. The van der Waals surface area contributed by atoms with E-state index < -0.39 is 0 Å². The van der Waals surface area contributed by atoms with Gasteiger partial charge in [0.1, 0.15) is 0 Å². The van der Waals surface area contributed by atoms with E-state index >= 15 is 0 Å². The number of rotatable bonds is 3. The van der Waals surface area contributed by atoms with E-state index in [-0.39, 0.29) is 12.1 Å². The van der Waals surface area contributed by atoms with Crippen LogP contribution in [0, 0.1) is 11.3 Å². The van der Waals surface area contributed by atoms with E-state index in [9.17, 15) is 0 Å². The zero-order valence-electron chi connectivity index (χ0n) is 8.94. The second kappa shape index (κ2) is 4.78. The van der Waals surface area contributed by atoms with Gasteiger partial charge in [-0.1, -0.05) is 30.3 Å². The van der Waals surface area contributed by atoms with Gasteiger partial charge in [-0.15, -0.1) is 0 Å². The van der Waals surface area contributed by atoms with Gasteiger partial charge in [0, 0.05) is 6.04 Å². The molecule has 0 radical (unpaired) electrons. The number of nitrogens with zero attached hydrogens (tertiary/aromatic N) is 2. The summed E-state index contributed by atoms with van der Waals surface area (Å²) in [4.78, 5) is 2.06. The van der Waals surface area contributed by atoms with Gasteiger partial charge in [0.25, 0.3) is 0 Å². The standard InChI is InChI=1S/C12H16N2/c1-10(9-13)14(3)11(2)12-7-5-4-6-8-12/h4-8,10-11H,1-3H3. The molecule has 0 aliphatic rings. The van der Waals surface area contributed by atoms with Crippen molar-refractivity contribution in [3.8, 4) is 6.07 Å². The molecule has 0 N–H and O–H groups in total. The highest BCUT2D eigenvalue weighted by atomic mass is 15.1. The Kier molecular flexibility index (Phi) is 3.67. The molecule has 1 rings (SSSR count). The largest absolute Gasteiger partial charge is 0.285 e. The number of hydrogen-bond donors (Lipinski definition) is 0. The third kappa shape index (κ3) is 2.34. The fourth-order valence-electron chi connectivity index (χ4n) is 1.39. The molecule has 0 fully saturated rings. The van der Waals surface area contributed by atoms with Crippen LogP contribution in [0.25, 0.3) is 0 Å². The summed E-state index contributed by atoms with van der Waals surface area (Å²) in [6, 6.07) is 12.7. The molecule has 2 atom stereocenters. The van der Waals surface area contributed by atoms with Crippen LogP contribution in [-0.2, 0) is 0 Å². The Morgan fingerprint density at radius 1 is 1.21 bits per heavy atom. The second-order valence-corrected chi connectivity index (χ2v) is 3.56. The molecule has 0 saturated carbocycles. The van der Waals surface area contributed by atoms with Crippen molar-refractivity contribution in [2.45, 2.75) is 25.9 Å². The van der Waals surface area contributed by atoms with Gasteiger partial charge in [-0.05, 0) is 26.5 Å². The minimum Gasteiger partial charge on any atom is -0.285 e. The second-order valence-electron chi connectivity index (χ2n) is 3.56. The Morgan fingerprint density at radius 2 is 1.79 bits per heavy atom. The molecule has 2 heteroatoms. The van der Waals surface area contributed by atoms with E-state index in [1.54, 1.807) is 0 Å². The molecule has 2 nitrogen and oxygen atoms in total. The van der Waals surface area contributed by atoms with Crippen molar-refractivity contribution in [3.63, 3.8) is 0 Å². The number of benzene rings is 1. The number of hydrogen-bond acceptors (Lipinski definition) is 2. The quantitative estimate of drug-likeness (QED) is 0.729. The van der Waals surface area contributed by atoms with Crippen molar-refractivity contribution in [1.82, 2.24) is 4.90 Å². The fraction of sp³-hybridized carbons (Fsp3) is 0.417. The zero-order chi connectivity index (χ0) is 10.6. The van der Waals surface area contributed by atoms with Gasteiger partial charge in [-0.25, -0.2) is 0 Å². The van der Waals surface area contributed by atoms with Crippen LogP contribution in [0.15, 0.2) is 30.3 Å². The monoisotopic (exact) mass is 188 g/mol. The van der Waals surface area contributed by atoms with Crippen LogP contribution in [0.1, 0.15) is 25.5 Å². The van der Waals surface area contributed by atoms with Crippen LogP contribution in [0.2, 0.25) is 0 Å². The molecule has 2 unspecified atom stereocenters. The molecule has 0 aromatic heterocycles. The van der Waals surface area contributed by atoms with Gasteiger partial charge < -0.3 is 0 Å². The maximum absolute atomic E-state index is 8.81. The minimum absolute atomic E-state index is 0.0507. The van der Waals surface area contributed by atoms with Gasteiger partial charge in [0.2, 0.25) is 0 Å². The molecule has 0 amide bonds. The third-order valence-corrected chi connectivity index (χ3v) is 2.69. The van der Waals surface area contributed by atoms with Crippen molar-refractivity contribution < 1.29 is 0 Å². The topological polar surface area (TPSA) is 27.0 Å². The average Bonchev–Trinajstić information content (AvgIpc) is 2.27. The van der Waals surface area contributed by atoms with E-state index in [1.807, 2.05) is 32.2 Å². The lowest BCUT2D eigenvalue weighted by atomic mass is 10.1. The van der Waals surface area contributed by atoms with Crippen molar-refractivity contribution >= 4 is 0 Å². The fourth-order valence-corrected chi connectivity index (χ4v) is 1.39. The van der Waals surface area contributed by atoms with E-state index in [2.05, 4.69) is 30.0 Å². The highest BCUT2D eigenvalue weighted by Crippen LogP contribution is 2.19. The smallest absolute Gasteiger partial charge is 0.0951 e. The van der Waals surface area contributed by atoms with Crippen LogP contribution in [0.4, 0.5) is 0 Å². The lowest BCUT2D eigenvalue weighted by Crippen LogP contribution is -2.30. The summed E-state index contributed by atoms with van der Waals surface area (Å²) in [7, 11) is 1.98. The molecule has 0 heterocycles. The SMILES string of the molecule is CC(C#N)N(C)C(C)c1ccccc1. The summed E-state index contributed by atoms with van der Waals surface area (Å²) in [6.07, 6.45) is 0. The molecular weight excluding hydrogens is 172 g/mol. The predicted molar refractivity (Wildman–Crippen MR) is 57.7 cm³/mol. The molecule has 0 aliphatic carbocycles. The first-order valence-corrected chi connectivity index (χ1v) is 4.83.